The zero-order chi connectivity index (χ0) is 24.3. The van der Waals surface area contributed by atoms with Gasteiger partial charge in [-0.1, -0.05) is 103 Å². The van der Waals surface area contributed by atoms with E-state index in [-0.39, 0.29) is 0 Å². The number of benzene rings is 7. The second-order valence-electron chi connectivity index (χ2n) is 9.74. The van der Waals surface area contributed by atoms with Crippen molar-refractivity contribution in [2.75, 3.05) is 0 Å². The molecular weight excluding hydrogens is 448 g/mol. The van der Waals surface area contributed by atoms with Crippen molar-refractivity contribution < 1.29 is 4.42 Å². The first-order chi connectivity index (χ1) is 18.3. The molecule has 8 rings (SSSR count). The minimum absolute atomic E-state index is 0.915. The van der Waals surface area contributed by atoms with Gasteiger partial charge in [-0.2, -0.15) is 0 Å². The van der Waals surface area contributed by atoms with E-state index in [2.05, 4.69) is 133 Å². The van der Waals surface area contributed by atoms with Crippen LogP contribution in [-0.2, 0) is 0 Å². The molecule has 7 aromatic carbocycles. The second-order valence-corrected chi connectivity index (χ2v) is 9.74. The van der Waals surface area contributed by atoms with Crippen molar-refractivity contribution in [2.45, 2.75) is 0 Å². The molecule has 0 N–H and O–H groups in total. The smallest absolute Gasteiger partial charge is 0.136 e. The van der Waals surface area contributed by atoms with Gasteiger partial charge in [-0.3, -0.25) is 0 Å². The Labute approximate surface area is 214 Å². The molecule has 37 heavy (non-hydrogen) atoms. The third-order valence-corrected chi connectivity index (χ3v) is 7.63. The quantitative estimate of drug-likeness (QED) is 0.229. The van der Waals surface area contributed by atoms with Crippen molar-refractivity contribution in [3.8, 4) is 22.3 Å². The topological polar surface area (TPSA) is 13.1 Å². The van der Waals surface area contributed by atoms with Crippen LogP contribution in [0.3, 0.4) is 0 Å². The van der Waals surface area contributed by atoms with Gasteiger partial charge in [0.1, 0.15) is 11.2 Å². The van der Waals surface area contributed by atoms with E-state index >= 15 is 0 Å². The zero-order valence-corrected chi connectivity index (χ0v) is 20.1. The predicted octanol–water partition coefficient (Wildman–Crippen LogP) is 10.4. The summed E-state index contributed by atoms with van der Waals surface area (Å²) in [6.45, 7) is 0. The van der Waals surface area contributed by atoms with Gasteiger partial charge in [-0.05, 0) is 84.9 Å². The fourth-order valence-corrected chi connectivity index (χ4v) is 5.90. The molecule has 0 saturated carbocycles. The Morgan fingerprint density at radius 3 is 1.78 bits per heavy atom. The van der Waals surface area contributed by atoms with Crippen LogP contribution in [0.1, 0.15) is 0 Å². The Hall–Kier alpha value is -4.88. The lowest BCUT2D eigenvalue weighted by Gasteiger charge is -2.12. The molecule has 0 bridgehead atoms. The highest BCUT2D eigenvalue weighted by atomic mass is 16.3. The Balaban J connectivity index is 1.35. The van der Waals surface area contributed by atoms with Crippen LogP contribution < -0.4 is 0 Å². The SMILES string of the molecule is c1ccc2c(-c3ccc4c(c3)oc3ccc(-c5c6ccccc6cc6ccccc56)cc34)cccc2c1. The maximum absolute atomic E-state index is 6.39. The third-order valence-electron chi connectivity index (χ3n) is 7.63. The molecule has 0 unspecified atom stereocenters. The van der Waals surface area contributed by atoms with Crippen molar-refractivity contribution in [1.82, 2.24) is 0 Å². The van der Waals surface area contributed by atoms with Gasteiger partial charge in [0, 0.05) is 10.8 Å². The summed E-state index contributed by atoms with van der Waals surface area (Å²) in [5.41, 5.74) is 6.71. The normalized spacial score (nSPS) is 11.8. The van der Waals surface area contributed by atoms with Crippen LogP contribution in [0.5, 0.6) is 0 Å². The molecule has 0 aliphatic carbocycles. The Kier molecular flexibility index (Phi) is 4.29. The monoisotopic (exact) mass is 470 g/mol. The van der Waals surface area contributed by atoms with Gasteiger partial charge in [0.2, 0.25) is 0 Å². The number of fused-ring (bicyclic) bond motifs is 6. The number of hydrogen-bond acceptors (Lipinski definition) is 1. The Morgan fingerprint density at radius 1 is 0.351 bits per heavy atom. The highest BCUT2D eigenvalue weighted by molar-refractivity contribution is 6.15. The highest BCUT2D eigenvalue weighted by Gasteiger charge is 2.14. The minimum atomic E-state index is 0.915. The Bertz CT molecular complexity index is 2090. The number of furan rings is 1. The van der Waals surface area contributed by atoms with E-state index in [0.29, 0.717) is 0 Å². The van der Waals surface area contributed by atoms with Crippen LogP contribution in [-0.4, -0.2) is 0 Å². The van der Waals surface area contributed by atoms with Crippen LogP contribution in [0, 0.1) is 0 Å². The van der Waals surface area contributed by atoms with Crippen LogP contribution in [0.4, 0.5) is 0 Å². The number of hydrogen-bond donors (Lipinski definition) is 0. The van der Waals surface area contributed by atoms with Crippen molar-refractivity contribution >= 4 is 54.3 Å². The molecule has 1 heterocycles. The molecule has 172 valence electrons. The lowest BCUT2D eigenvalue weighted by Crippen LogP contribution is -1.85. The summed E-state index contributed by atoms with van der Waals surface area (Å²) < 4.78 is 6.39. The van der Waals surface area contributed by atoms with Gasteiger partial charge in [0.15, 0.2) is 0 Å². The molecular formula is C36H22O. The lowest BCUT2D eigenvalue weighted by atomic mass is 9.91. The summed E-state index contributed by atoms with van der Waals surface area (Å²) in [6, 6.07) is 47.9. The number of rotatable bonds is 2. The maximum Gasteiger partial charge on any atom is 0.136 e. The van der Waals surface area contributed by atoms with Gasteiger partial charge in [-0.25, -0.2) is 0 Å². The second kappa shape index (κ2) is 7.81. The van der Waals surface area contributed by atoms with Crippen LogP contribution >= 0.6 is 0 Å². The zero-order valence-electron chi connectivity index (χ0n) is 20.1. The van der Waals surface area contributed by atoms with E-state index in [4.69, 9.17) is 4.42 Å². The van der Waals surface area contributed by atoms with E-state index in [1.807, 2.05) is 0 Å². The molecule has 0 spiro atoms. The molecule has 0 amide bonds. The molecule has 0 saturated heterocycles. The van der Waals surface area contributed by atoms with Crippen LogP contribution in [0.2, 0.25) is 0 Å². The standard InChI is InChI=1S/C36H22O/c1-4-12-28-23(8-1)11-7-15-29(28)26-16-18-32-33-21-27(17-19-34(33)37-35(32)22-26)36-30-13-5-2-9-24(30)20-25-10-3-6-14-31(25)36/h1-22H. The summed E-state index contributed by atoms with van der Waals surface area (Å²) in [7, 11) is 0. The lowest BCUT2D eigenvalue weighted by molar-refractivity contribution is 0.669. The molecule has 8 aromatic rings. The molecule has 1 nitrogen and oxygen atoms in total. The molecule has 1 heteroatoms. The van der Waals surface area contributed by atoms with E-state index < -0.39 is 0 Å². The van der Waals surface area contributed by atoms with Gasteiger partial charge in [0.05, 0.1) is 0 Å². The fraction of sp³-hybridized carbons (Fsp3) is 0. The summed E-state index contributed by atoms with van der Waals surface area (Å²) in [4.78, 5) is 0. The van der Waals surface area contributed by atoms with E-state index in [1.165, 1.54) is 54.6 Å². The molecule has 0 atom stereocenters. The van der Waals surface area contributed by atoms with Crippen LogP contribution in [0.25, 0.3) is 76.5 Å². The Morgan fingerprint density at radius 2 is 1.00 bits per heavy atom. The van der Waals surface area contributed by atoms with Crippen molar-refractivity contribution in [2.24, 2.45) is 0 Å². The first-order valence-electron chi connectivity index (χ1n) is 12.7. The van der Waals surface area contributed by atoms with Crippen molar-refractivity contribution in [3.63, 3.8) is 0 Å². The summed E-state index contributed by atoms with van der Waals surface area (Å²) in [5.74, 6) is 0. The fourth-order valence-electron chi connectivity index (χ4n) is 5.90. The average molecular weight is 471 g/mol. The summed E-state index contributed by atoms with van der Waals surface area (Å²) in [6.07, 6.45) is 0. The summed E-state index contributed by atoms with van der Waals surface area (Å²) >= 11 is 0. The van der Waals surface area contributed by atoms with Crippen molar-refractivity contribution in [1.29, 1.82) is 0 Å². The first kappa shape index (κ1) is 20.3. The largest absolute Gasteiger partial charge is 0.456 e. The summed E-state index contributed by atoms with van der Waals surface area (Å²) in [5, 5.41) is 9.85. The molecule has 0 aliphatic rings. The van der Waals surface area contributed by atoms with Gasteiger partial charge in [0.25, 0.3) is 0 Å². The van der Waals surface area contributed by atoms with Crippen molar-refractivity contribution in [3.05, 3.63) is 133 Å². The van der Waals surface area contributed by atoms with E-state index in [0.717, 1.165) is 21.9 Å². The maximum atomic E-state index is 6.39. The molecule has 0 fully saturated rings. The minimum Gasteiger partial charge on any atom is -0.456 e. The molecule has 0 aliphatic heterocycles. The van der Waals surface area contributed by atoms with Gasteiger partial charge in [-0.15, -0.1) is 0 Å². The highest BCUT2D eigenvalue weighted by Crippen LogP contribution is 2.40. The average Bonchev–Trinajstić information content (AvgIpc) is 3.32. The van der Waals surface area contributed by atoms with Gasteiger partial charge < -0.3 is 4.42 Å². The first-order valence-corrected chi connectivity index (χ1v) is 12.7. The molecule has 0 radical (unpaired) electrons. The van der Waals surface area contributed by atoms with Gasteiger partial charge >= 0.3 is 0 Å². The predicted molar refractivity (Wildman–Crippen MR) is 157 cm³/mol. The third kappa shape index (κ3) is 3.11. The molecule has 1 aromatic heterocycles. The van der Waals surface area contributed by atoms with E-state index in [1.54, 1.807) is 0 Å². The van der Waals surface area contributed by atoms with Crippen LogP contribution in [0.15, 0.2) is 138 Å². The van der Waals surface area contributed by atoms with E-state index in [9.17, 15) is 0 Å².